The van der Waals surface area contributed by atoms with E-state index in [0.717, 1.165) is 27.7 Å². The number of carbonyl (C=O) groups is 1. The number of hydrogen-bond acceptors (Lipinski definition) is 4. The first kappa shape index (κ1) is 19.1. The Labute approximate surface area is 162 Å². The molecule has 142 valence electrons. The number of carboxylic acids is 1. The highest BCUT2D eigenvalue weighted by molar-refractivity contribution is 7.99. The van der Waals surface area contributed by atoms with Gasteiger partial charge in [-0.2, -0.15) is 0 Å². The number of aliphatic carboxylic acids is 1. The first-order valence-electron chi connectivity index (χ1n) is 8.77. The molecule has 0 saturated carbocycles. The SMILES string of the molecule is CC(C)Oc1ccc(OCCSc2[nH]c3ccccc3[n+]2CC(=O)O)cc1. The molecule has 0 aliphatic carbocycles. The van der Waals surface area contributed by atoms with Gasteiger partial charge in [-0.1, -0.05) is 12.1 Å². The van der Waals surface area contributed by atoms with Crippen molar-refractivity contribution in [2.75, 3.05) is 12.4 Å². The Balaban J connectivity index is 1.58. The lowest BCUT2D eigenvalue weighted by Gasteiger charge is -2.10. The van der Waals surface area contributed by atoms with E-state index in [-0.39, 0.29) is 12.6 Å². The molecule has 0 bridgehead atoms. The van der Waals surface area contributed by atoms with E-state index in [0.29, 0.717) is 12.4 Å². The van der Waals surface area contributed by atoms with Crippen molar-refractivity contribution < 1.29 is 23.9 Å². The normalized spacial score (nSPS) is 11.1. The molecule has 6 nitrogen and oxygen atoms in total. The van der Waals surface area contributed by atoms with Crippen LogP contribution in [0, 0.1) is 0 Å². The van der Waals surface area contributed by atoms with Crippen molar-refractivity contribution >= 4 is 28.8 Å². The van der Waals surface area contributed by atoms with Gasteiger partial charge < -0.3 is 14.6 Å². The van der Waals surface area contributed by atoms with Gasteiger partial charge in [-0.3, -0.25) is 0 Å². The van der Waals surface area contributed by atoms with Gasteiger partial charge in [-0.05, 0) is 62.0 Å². The molecule has 0 atom stereocenters. The standard InChI is InChI=1S/C20H22N2O4S/c1-14(2)26-16-9-7-15(8-10-16)25-11-12-27-20-21-17-5-3-4-6-18(17)22(20)13-19(23)24/h3-10,14H,11-13H2,1-2H3,(H,23,24)/p+1. The van der Waals surface area contributed by atoms with Gasteiger partial charge in [0.1, 0.15) is 11.5 Å². The van der Waals surface area contributed by atoms with Gasteiger partial charge in [0.05, 0.1) is 12.7 Å². The Morgan fingerprint density at radius 3 is 2.56 bits per heavy atom. The average molecular weight is 387 g/mol. The minimum atomic E-state index is -0.869. The van der Waals surface area contributed by atoms with Gasteiger partial charge in [-0.25, -0.2) is 14.3 Å². The van der Waals surface area contributed by atoms with E-state index in [9.17, 15) is 9.90 Å². The fraction of sp³-hybridized carbons (Fsp3) is 0.300. The Hall–Kier alpha value is -2.67. The molecule has 0 saturated heterocycles. The number of nitrogens with one attached hydrogen (secondary N) is 1. The highest BCUT2D eigenvalue weighted by Gasteiger charge is 2.20. The van der Waals surface area contributed by atoms with Crippen LogP contribution in [0.25, 0.3) is 11.0 Å². The molecule has 0 fully saturated rings. The average Bonchev–Trinajstić information content (AvgIpc) is 2.97. The van der Waals surface area contributed by atoms with Crippen LogP contribution in [-0.4, -0.2) is 34.5 Å². The van der Waals surface area contributed by atoms with E-state index < -0.39 is 5.97 Å². The number of aromatic amines is 1. The number of carboxylic acid groups (broad SMARTS) is 1. The van der Waals surface area contributed by atoms with Crippen LogP contribution >= 0.6 is 11.8 Å². The van der Waals surface area contributed by atoms with Crippen LogP contribution in [0.4, 0.5) is 0 Å². The Morgan fingerprint density at radius 2 is 1.85 bits per heavy atom. The summed E-state index contributed by atoms with van der Waals surface area (Å²) < 4.78 is 13.2. The summed E-state index contributed by atoms with van der Waals surface area (Å²) in [7, 11) is 0. The third-order valence-electron chi connectivity index (χ3n) is 3.76. The number of rotatable bonds is 9. The van der Waals surface area contributed by atoms with Crippen molar-refractivity contribution in [1.29, 1.82) is 0 Å². The summed E-state index contributed by atoms with van der Waals surface area (Å²) in [6.45, 7) is 4.41. The van der Waals surface area contributed by atoms with E-state index in [1.165, 1.54) is 11.8 Å². The number of benzene rings is 2. The van der Waals surface area contributed by atoms with Crippen molar-refractivity contribution in [1.82, 2.24) is 4.98 Å². The summed E-state index contributed by atoms with van der Waals surface area (Å²) in [4.78, 5) is 14.5. The molecule has 27 heavy (non-hydrogen) atoms. The third-order valence-corrected chi connectivity index (χ3v) is 4.73. The van der Waals surface area contributed by atoms with Crippen molar-refractivity contribution in [3.63, 3.8) is 0 Å². The molecule has 2 aromatic carbocycles. The number of H-pyrrole nitrogens is 1. The lowest BCUT2D eigenvalue weighted by atomic mass is 10.3. The van der Waals surface area contributed by atoms with Crippen LogP contribution in [0.15, 0.2) is 53.7 Å². The highest BCUT2D eigenvalue weighted by atomic mass is 32.2. The molecule has 3 rings (SSSR count). The zero-order chi connectivity index (χ0) is 19.2. The second-order valence-electron chi connectivity index (χ2n) is 6.26. The van der Waals surface area contributed by atoms with Crippen LogP contribution in [0.1, 0.15) is 13.8 Å². The number of imidazole rings is 1. The van der Waals surface area contributed by atoms with E-state index in [4.69, 9.17) is 9.47 Å². The Bertz CT molecular complexity index is 906. The van der Waals surface area contributed by atoms with Gasteiger partial charge in [-0.15, -0.1) is 0 Å². The molecule has 0 spiro atoms. The predicted molar refractivity (Wildman–Crippen MR) is 105 cm³/mol. The van der Waals surface area contributed by atoms with E-state index >= 15 is 0 Å². The minimum absolute atomic E-state index is 0.0789. The summed E-state index contributed by atoms with van der Waals surface area (Å²) in [6, 6.07) is 15.2. The van der Waals surface area contributed by atoms with Gasteiger partial charge in [0.15, 0.2) is 17.6 Å². The summed E-state index contributed by atoms with van der Waals surface area (Å²) in [6.07, 6.45) is 0.141. The zero-order valence-electron chi connectivity index (χ0n) is 15.3. The van der Waals surface area contributed by atoms with Crippen LogP contribution in [0.5, 0.6) is 11.5 Å². The Kier molecular flexibility index (Phi) is 6.24. The topological polar surface area (TPSA) is 75.4 Å². The van der Waals surface area contributed by atoms with Crippen LogP contribution in [0.2, 0.25) is 0 Å². The van der Waals surface area contributed by atoms with Gasteiger partial charge >= 0.3 is 11.1 Å². The second-order valence-corrected chi connectivity index (χ2v) is 7.35. The Morgan fingerprint density at radius 1 is 1.15 bits per heavy atom. The first-order chi connectivity index (χ1) is 13.0. The smallest absolute Gasteiger partial charge is 0.346 e. The fourth-order valence-corrected chi connectivity index (χ4v) is 3.56. The lowest BCUT2D eigenvalue weighted by molar-refractivity contribution is -0.697. The van der Waals surface area contributed by atoms with Crippen LogP contribution in [0.3, 0.4) is 0 Å². The molecular formula is C20H23N2O4S+. The van der Waals surface area contributed by atoms with Crippen molar-refractivity contribution in [3.05, 3.63) is 48.5 Å². The first-order valence-corrected chi connectivity index (χ1v) is 9.76. The summed E-state index contributed by atoms with van der Waals surface area (Å²) in [5.41, 5.74) is 1.80. The van der Waals surface area contributed by atoms with Gasteiger partial charge in [0.25, 0.3) is 0 Å². The molecule has 0 aliphatic heterocycles. The molecule has 1 heterocycles. The fourth-order valence-electron chi connectivity index (χ4n) is 2.70. The molecule has 3 aromatic rings. The molecule has 0 amide bonds. The minimum Gasteiger partial charge on any atom is -0.493 e. The lowest BCUT2D eigenvalue weighted by Crippen LogP contribution is -2.39. The second kappa shape index (κ2) is 8.81. The summed E-state index contributed by atoms with van der Waals surface area (Å²) in [5.74, 6) is 1.42. The summed E-state index contributed by atoms with van der Waals surface area (Å²) >= 11 is 1.54. The molecule has 2 N–H and O–H groups in total. The maximum absolute atomic E-state index is 11.2. The molecule has 0 unspecified atom stereocenters. The van der Waals surface area contributed by atoms with Crippen molar-refractivity contribution in [3.8, 4) is 11.5 Å². The van der Waals surface area contributed by atoms with E-state index in [1.54, 1.807) is 4.57 Å². The van der Waals surface area contributed by atoms with Crippen LogP contribution < -0.4 is 14.0 Å². The highest BCUT2D eigenvalue weighted by Crippen LogP contribution is 2.20. The number of aromatic nitrogens is 2. The monoisotopic (exact) mass is 387 g/mol. The molecule has 1 aromatic heterocycles. The number of fused-ring (bicyclic) bond motifs is 1. The predicted octanol–water partition coefficient (Wildman–Crippen LogP) is 3.50. The number of hydrogen-bond donors (Lipinski definition) is 2. The maximum atomic E-state index is 11.2. The van der Waals surface area contributed by atoms with E-state index in [1.807, 2.05) is 62.4 Å². The number of para-hydroxylation sites is 2. The van der Waals surface area contributed by atoms with Gasteiger partial charge in [0, 0.05) is 5.75 Å². The van der Waals surface area contributed by atoms with Crippen molar-refractivity contribution in [2.45, 2.75) is 31.7 Å². The molecule has 0 radical (unpaired) electrons. The molecule has 7 heteroatoms. The number of nitrogens with zero attached hydrogens (tertiary/aromatic N) is 1. The van der Waals surface area contributed by atoms with Crippen LogP contribution in [-0.2, 0) is 11.3 Å². The third kappa shape index (κ3) is 5.17. The number of thioether (sulfide) groups is 1. The summed E-state index contributed by atoms with van der Waals surface area (Å²) in [5, 5.41) is 10.00. The maximum Gasteiger partial charge on any atom is 0.346 e. The molecule has 0 aliphatic rings. The zero-order valence-corrected chi connectivity index (χ0v) is 16.2. The van der Waals surface area contributed by atoms with Crippen molar-refractivity contribution in [2.24, 2.45) is 0 Å². The van der Waals surface area contributed by atoms with E-state index in [2.05, 4.69) is 4.98 Å². The van der Waals surface area contributed by atoms with Gasteiger partial charge in [0.2, 0.25) is 0 Å². The largest absolute Gasteiger partial charge is 0.493 e. The molecular weight excluding hydrogens is 364 g/mol. The quantitative estimate of drug-likeness (QED) is 0.334. The number of ether oxygens (including phenoxy) is 2.